The summed E-state index contributed by atoms with van der Waals surface area (Å²) in [4.78, 5) is 2.28. The molecule has 0 radical (unpaired) electrons. The fourth-order valence-corrected chi connectivity index (χ4v) is 2.54. The summed E-state index contributed by atoms with van der Waals surface area (Å²) < 4.78 is 0. The zero-order valence-electron chi connectivity index (χ0n) is 9.28. The van der Waals surface area contributed by atoms with Crippen LogP contribution in [0.3, 0.4) is 0 Å². The number of rotatable bonds is 4. The van der Waals surface area contributed by atoms with Crippen molar-refractivity contribution >= 4 is 0 Å². The molecule has 3 N–H and O–H groups in total. The van der Waals surface area contributed by atoms with Crippen molar-refractivity contribution in [3.8, 4) is 0 Å². The van der Waals surface area contributed by atoms with Crippen molar-refractivity contribution in [1.29, 1.82) is 0 Å². The Hall–Kier alpha value is -0.120. The molecule has 0 amide bonds. The van der Waals surface area contributed by atoms with E-state index in [1.807, 2.05) is 0 Å². The van der Waals surface area contributed by atoms with Gasteiger partial charge in [-0.1, -0.05) is 19.3 Å². The number of aliphatic hydroxyl groups excluding tert-OH is 1. The molecule has 1 fully saturated rings. The highest BCUT2D eigenvalue weighted by molar-refractivity contribution is 4.81. The molecule has 0 aromatic rings. The van der Waals surface area contributed by atoms with Crippen LogP contribution in [-0.2, 0) is 0 Å². The number of likely N-dealkylation sites (N-methyl/N-ethyl adjacent to an activating group) is 1. The van der Waals surface area contributed by atoms with Gasteiger partial charge in [0.2, 0.25) is 0 Å². The Morgan fingerprint density at radius 3 is 2.64 bits per heavy atom. The van der Waals surface area contributed by atoms with E-state index in [4.69, 9.17) is 10.8 Å². The average molecular weight is 200 g/mol. The van der Waals surface area contributed by atoms with Crippen molar-refractivity contribution in [3.63, 3.8) is 0 Å². The van der Waals surface area contributed by atoms with E-state index in [1.165, 1.54) is 32.1 Å². The third-order valence-corrected chi connectivity index (χ3v) is 3.44. The molecule has 3 heteroatoms. The summed E-state index contributed by atoms with van der Waals surface area (Å²) in [6.45, 7) is 1.83. The quantitative estimate of drug-likeness (QED) is 0.661. The largest absolute Gasteiger partial charge is 0.395 e. The summed E-state index contributed by atoms with van der Waals surface area (Å²) in [6.07, 6.45) is 6.50. The Balaban J connectivity index is 2.50. The molecular formula is C11H24N2O. The van der Waals surface area contributed by atoms with Crippen molar-refractivity contribution in [2.75, 3.05) is 26.7 Å². The fraction of sp³-hybridized carbons (Fsp3) is 1.00. The van der Waals surface area contributed by atoms with Crippen molar-refractivity contribution in [1.82, 2.24) is 4.90 Å². The second kappa shape index (κ2) is 6.38. The van der Waals surface area contributed by atoms with Crippen molar-refractivity contribution in [3.05, 3.63) is 0 Å². The first-order valence-corrected chi connectivity index (χ1v) is 5.80. The molecule has 1 rings (SSSR count). The van der Waals surface area contributed by atoms with Gasteiger partial charge in [-0.05, 0) is 32.4 Å². The maximum Gasteiger partial charge on any atom is 0.0558 e. The minimum atomic E-state index is 0.254. The Morgan fingerprint density at radius 1 is 1.29 bits per heavy atom. The summed E-state index contributed by atoms with van der Waals surface area (Å²) >= 11 is 0. The van der Waals surface area contributed by atoms with E-state index in [1.54, 1.807) is 0 Å². The van der Waals surface area contributed by atoms with Gasteiger partial charge < -0.3 is 15.7 Å². The van der Waals surface area contributed by atoms with Gasteiger partial charge in [0.05, 0.1) is 6.61 Å². The Labute approximate surface area is 87.3 Å². The molecule has 0 aromatic carbocycles. The van der Waals surface area contributed by atoms with E-state index in [0.29, 0.717) is 12.0 Å². The summed E-state index contributed by atoms with van der Waals surface area (Å²) in [6, 6.07) is 0.592. The van der Waals surface area contributed by atoms with Crippen LogP contribution in [-0.4, -0.2) is 42.8 Å². The van der Waals surface area contributed by atoms with Crippen LogP contribution in [0.15, 0.2) is 0 Å². The number of nitrogens with two attached hydrogens (primary N) is 1. The van der Waals surface area contributed by atoms with Gasteiger partial charge >= 0.3 is 0 Å². The minimum absolute atomic E-state index is 0.254. The van der Waals surface area contributed by atoms with E-state index in [2.05, 4.69) is 11.9 Å². The lowest BCUT2D eigenvalue weighted by Gasteiger charge is -2.32. The van der Waals surface area contributed by atoms with Gasteiger partial charge in [-0.2, -0.15) is 0 Å². The Morgan fingerprint density at radius 2 is 2.00 bits per heavy atom. The second-order valence-electron chi connectivity index (χ2n) is 4.41. The molecule has 0 heterocycles. The maximum atomic E-state index is 8.92. The zero-order valence-corrected chi connectivity index (χ0v) is 9.28. The lowest BCUT2D eigenvalue weighted by molar-refractivity contribution is 0.135. The fourth-order valence-electron chi connectivity index (χ4n) is 2.54. The van der Waals surface area contributed by atoms with E-state index in [9.17, 15) is 0 Å². The van der Waals surface area contributed by atoms with Gasteiger partial charge in [0.15, 0.2) is 0 Å². The SMILES string of the molecule is CN(CCO)C1CCCCCC1CN. The number of nitrogens with zero attached hydrogens (tertiary/aromatic N) is 1. The number of aliphatic hydroxyl groups is 1. The molecule has 3 nitrogen and oxygen atoms in total. The van der Waals surface area contributed by atoms with Crippen LogP contribution >= 0.6 is 0 Å². The molecule has 2 atom stereocenters. The summed E-state index contributed by atoms with van der Waals surface area (Å²) in [7, 11) is 2.11. The van der Waals surface area contributed by atoms with Crippen molar-refractivity contribution < 1.29 is 5.11 Å². The second-order valence-corrected chi connectivity index (χ2v) is 4.41. The van der Waals surface area contributed by atoms with Crippen LogP contribution < -0.4 is 5.73 Å². The van der Waals surface area contributed by atoms with Crippen molar-refractivity contribution in [2.45, 2.75) is 38.1 Å². The van der Waals surface area contributed by atoms with Crippen LogP contribution in [0.2, 0.25) is 0 Å². The maximum absolute atomic E-state index is 8.92. The molecular weight excluding hydrogens is 176 g/mol. The highest BCUT2D eigenvalue weighted by Gasteiger charge is 2.25. The summed E-state index contributed by atoms with van der Waals surface area (Å²) in [5.74, 6) is 0.633. The predicted octanol–water partition coefficient (Wildman–Crippen LogP) is 0.818. The molecule has 1 aliphatic rings. The molecule has 14 heavy (non-hydrogen) atoms. The first kappa shape index (κ1) is 12.0. The molecule has 0 aromatic heterocycles. The number of hydrogen-bond donors (Lipinski definition) is 2. The zero-order chi connectivity index (χ0) is 10.4. The molecule has 1 saturated carbocycles. The first-order valence-electron chi connectivity index (χ1n) is 5.80. The Kier molecular flexibility index (Phi) is 5.45. The monoisotopic (exact) mass is 200 g/mol. The van der Waals surface area contributed by atoms with Gasteiger partial charge in [-0.25, -0.2) is 0 Å². The average Bonchev–Trinajstić information content (AvgIpc) is 2.42. The van der Waals surface area contributed by atoms with Crippen molar-refractivity contribution in [2.24, 2.45) is 11.7 Å². The van der Waals surface area contributed by atoms with Crippen LogP contribution in [0.1, 0.15) is 32.1 Å². The predicted molar refractivity (Wildman–Crippen MR) is 59.1 cm³/mol. The smallest absolute Gasteiger partial charge is 0.0558 e. The third-order valence-electron chi connectivity index (χ3n) is 3.44. The van der Waals surface area contributed by atoms with Crippen LogP contribution in [0.25, 0.3) is 0 Å². The van der Waals surface area contributed by atoms with Gasteiger partial charge in [0, 0.05) is 12.6 Å². The van der Waals surface area contributed by atoms with Gasteiger partial charge in [-0.3, -0.25) is 0 Å². The standard InChI is InChI=1S/C11H24N2O/c1-13(7-8-14)11-6-4-2-3-5-10(11)9-12/h10-11,14H,2-9,12H2,1H3. The highest BCUT2D eigenvalue weighted by atomic mass is 16.3. The van der Waals surface area contributed by atoms with E-state index in [0.717, 1.165) is 13.1 Å². The summed E-state index contributed by atoms with van der Waals surface area (Å²) in [5, 5.41) is 8.92. The highest BCUT2D eigenvalue weighted by Crippen LogP contribution is 2.25. The molecule has 84 valence electrons. The van der Waals surface area contributed by atoms with Crippen LogP contribution in [0.5, 0.6) is 0 Å². The lowest BCUT2D eigenvalue weighted by Crippen LogP contribution is -2.41. The Bertz CT molecular complexity index is 152. The third kappa shape index (κ3) is 3.23. The molecule has 0 bridgehead atoms. The van der Waals surface area contributed by atoms with Gasteiger partial charge in [0.25, 0.3) is 0 Å². The molecule has 2 unspecified atom stereocenters. The van der Waals surface area contributed by atoms with Crippen LogP contribution in [0, 0.1) is 5.92 Å². The van der Waals surface area contributed by atoms with E-state index in [-0.39, 0.29) is 6.61 Å². The molecule has 0 spiro atoms. The lowest BCUT2D eigenvalue weighted by atomic mass is 9.94. The minimum Gasteiger partial charge on any atom is -0.395 e. The van der Waals surface area contributed by atoms with Gasteiger partial charge in [-0.15, -0.1) is 0 Å². The normalized spacial score (nSPS) is 29.1. The van der Waals surface area contributed by atoms with Gasteiger partial charge in [0.1, 0.15) is 0 Å². The van der Waals surface area contributed by atoms with E-state index >= 15 is 0 Å². The topological polar surface area (TPSA) is 49.5 Å². The van der Waals surface area contributed by atoms with Crippen LogP contribution in [0.4, 0.5) is 0 Å². The first-order chi connectivity index (χ1) is 6.79. The molecule has 0 aliphatic heterocycles. The molecule has 1 aliphatic carbocycles. The van der Waals surface area contributed by atoms with E-state index < -0.39 is 0 Å². The summed E-state index contributed by atoms with van der Waals surface area (Å²) in [5.41, 5.74) is 5.81. The number of hydrogen-bond acceptors (Lipinski definition) is 3. The molecule has 0 saturated heterocycles.